The molecule has 0 aliphatic heterocycles. The summed E-state index contributed by atoms with van der Waals surface area (Å²) in [6, 6.07) is 15.8. The molecule has 3 rings (SSSR count). The van der Waals surface area contributed by atoms with Crippen LogP contribution in [0.1, 0.15) is 17.1 Å². The van der Waals surface area contributed by atoms with Gasteiger partial charge in [-0.3, -0.25) is 0 Å². The Morgan fingerprint density at radius 2 is 1.17 bits per heavy atom. The van der Waals surface area contributed by atoms with Crippen molar-refractivity contribution in [2.24, 2.45) is 0 Å². The van der Waals surface area contributed by atoms with Gasteiger partial charge in [0.05, 0.1) is 11.4 Å². The Labute approximate surface area is 164 Å². The van der Waals surface area contributed by atoms with E-state index in [1.54, 1.807) is 48.5 Å². The Balaban J connectivity index is 2.13. The largest absolute Gasteiger partial charge is 0.246 e. The van der Waals surface area contributed by atoms with Gasteiger partial charge in [-0.2, -0.15) is 0 Å². The van der Waals surface area contributed by atoms with Crippen LogP contribution in [0.2, 0.25) is 0 Å². The molecule has 0 bridgehead atoms. The van der Waals surface area contributed by atoms with Crippen LogP contribution in [0.3, 0.4) is 0 Å². The number of hydrogen-bond acceptors (Lipinski definition) is 3. The lowest BCUT2D eigenvalue weighted by atomic mass is 9.90. The number of pyridine rings is 3. The Morgan fingerprint density at radius 1 is 0.708 bits per heavy atom. The first-order chi connectivity index (χ1) is 11.5. The molecule has 0 aliphatic rings. The van der Waals surface area contributed by atoms with E-state index in [1.165, 1.54) is 0 Å². The maximum atomic E-state index is 16.2. The van der Waals surface area contributed by atoms with Crippen molar-refractivity contribution in [3.05, 3.63) is 85.5 Å². The van der Waals surface area contributed by atoms with E-state index < -0.39 is 5.67 Å². The second-order valence-electron chi connectivity index (χ2n) is 5.12. The number of nitrogens with zero attached hydrogens (tertiary/aromatic N) is 3. The van der Waals surface area contributed by atoms with E-state index in [9.17, 15) is 0 Å². The molecule has 0 fully saturated rings. The van der Waals surface area contributed by atoms with Crippen molar-refractivity contribution >= 4 is 47.8 Å². The minimum Gasteiger partial charge on any atom is -0.246 e. The summed E-state index contributed by atoms with van der Waals surface area (Å²) in [4.78, 5) is 13.0. The van der Waals surface area contributed by atoms with Gasteiger partial charge in [0.25, 0.3) is 0 Å². The predicted molar refractivity (Wildman–Crippen MR) is 101 cm³/mol. The zero-order chi connectivity index (χ0) is 17.2. The predicted octanol–water partition coefficient (Wildman–Crippen LogP) is 5.61. The topological polar surface area (TPSA) is 38.7 Å². The van der Waals surface area contributed by atoms with Crippen LogP contribution < -0.4 is 0 Å². The molecule has 3 aromatic heterocycles. The Hall–Kier alpha value is -1.18. The molecular weight excluding hydrogens is 505 g/mol. The summed E-state index contributed by atoms with van der Waals surface area (Å²) in [5, 5.41) is 0. The lowest BCUT2D eigenvalue weighted by Crippen LogP contribution is -2.28. The van der Waals surface area contributed by atoms with Gasteiger partial charge in [-0.05, 0) is 84.2 Å². The third kappa shape index (κ3) is 3.90. The van der Waals surface area contributed by atoms with Crippen LogP contribution in [-0.2, 0) is 12.1 Å². The van der Waals surface area contributed by atoms with Crippen molar-refractivity contribution in [2.75, 3.05) is 0 Å². The molecule has 24 heavy (non-hydrogen) atoms. The molecule has 0 atom stereocenters. The Bertz CT molecular complexity index is 827. The van der Waals surface area contributed by atoms with Crippen molar-refractivity contribution in [2.45, 2.75) is 12.1 Å². The monoisotopic (exact) mass is 513 g/mol. The highest BCUT2D eigenvalue weighted by Crippen LogP contribution is 2.36. The first-order valence-corrected chi connectivity index (χ1v) is 9.42. The molecule has 3 aromatic rings. The molecular formula is C17H11Br3FN3. The Morgan fingerprint density at radius 3 is 1.62 bits per heavy atom. The summed E-state index contributed by atoms with van der Waals surface area (Å²) in [6.45, 7) is 0. The standard InChI is InChI=1S/C17H11Br3FN3/c18-14-7-1-4-11(22-14)10-17(21,12-5-2-8-15(19)23-12)13-6-3-9-16(20)24-13/h1-9H,10H2. The lowest BCUT2D eigenvalue weighted by molar-refractivity contribution is 0.205. The molecule has 3 nitrogen and oxygen atoms in total. The summed E-state index contributed by atoms with van der Waals surface area (Å²) < 4.78 is 18.0. The molecule has 0 saturated carbocycles. The Kier molecular flexibility index (Phi) is 5.42. The number of rotatable bonds is 4. The molecule has 0 amide bonds. The number of alkyl halides is 1. The van der Waals surface area contributed by atoms with Crippen molar-refractivity contribution in [3.8, 4) is 0 Å². The third-order valence-electron chi connectivity index (χ3n) is 3.44. The highest BCUT2D eigenvalue weighted by Gasteiger charge is 2.38. The van der Waals surface area contributed by atoms with Crippen molar-refractivity contribution in [1.29, 1.82) is 0 Å². The van der Waals surface area contributed by atoms with Crippen LogP contribution in [0, 0.1) is 0 Å². The zero-order valence-corrected chi connectivity index (χ0v) is 17.0. The normalized spacial score (nSPS) is 11.5. The van der Waals surface area contributed by atoms with E-state index in [2.05, 4.69) is 62.7 Å². The highest BCUT2D eigenvalue weighted by atomic mass is 79.9. The van der Waals surface area contributed by atoms with Crippen molar-refractivity contribution in [3.63, 3.8) is 0 Å². The third-order valence-corrected chi connectivity index (χ3v) is 4.76. The maximum Gasteiger partial charge on any atom is 0.199 e. The fourth-order valence-electron chi connectivity index (χ4n) is 2.37. The molecule has 3 heterocycles. The quantitative estimate of drug-likeness (QED) is 0.424. The second kappa shape index (κ2) is 7.37. The van der Waals surface area contributed by atoms with Crippen LogP contribution in [0.15, 0.2) is 68.4 Å². The summed E-state index contributed by atoms with van der Waals surface area (Å²) in [6.07, 6.45) is 0.0271. The number of hydrogen-bond donors (Lipinski definition) is 0. The molecule has 0 aliphatic carbocycles. The minimum absolute atomic E-state index is 0.0271. The number of halogens is 4. The molecule has 0 N–H and O–H groups in total. The molecule has 122 valence electrons. The molecule has 0 aromatic carbocycles. The molecule has 0 saturated heterocycles. The number of aromatic nitrogens is 3. The summed E-state index contributed by atoms with van der Waals surface area (Å²) in [5.41, 5.74) is -0.731. The van der Waals surface area contributed by atoms with Crippen LogP contribution >= 0.6 is 47.8 Å². The van der Waals surface area contributed by atoms with E-state index in [1.807, 2.05) is 6.07 Å². The molecule has 0 radical (unpaired) electrons. The van der Waals surface area contributed by atoms with Gasteiger partial charge >= 0.3 is 0 Å². The molecule has 0 unspecified atom stereocenters. The smallest absolute Gasteiger partial charge is 0.199 e. The fourth-order valence-corrected chi connectivity index (χ4v) is 3.44. The summed E-state index contributed by atoms with van der Waals surface area (Å²) in [7, 11) is 0. The van der Waals surface area contributed by atoms with E-state index >= 15 is 4.39 Å². The van der Waals surface area contributed by atoms with Gasteiger partial charge < -0.3 is 0 Å². The van der Waals surface area contributed by atoms with E-state index in [4.69, 9.17) is 0 Å². The van der Waals surface area contributed by atoms with Gasteiger partial charge in [-0.15, -0.1) is 0 Å². The first-order valence-electron chi connectivity index (χ1n) is 7.04. The van der Waals surface area contributed by atoms with E-state index in [0.717, 1.165) is 0 Å². The lowest BCUT2D eigenvalue weighted by Gasteiger charge is -2.24. The summed E-state index contributed by atoms with van der Waals surface area (Å²) in [5.74, 6) is 0. The SMILES string of the molecule is FC(Cc1cccc(Br)n1)(c1cccc(Br)n1)c1cccc(Br)n1. The van der Waals surface area contributed by atoms with Crippen molar-refractivity contribution in [1.82, 2.24) is 15.0 Å². The first kappa shape index (κ1) is 17.6. The van der Waals surface area contributed by atoms with Gasteiger partial charge in [-0.1, -0.05) is 18.2 Å². The highest BCUT2D eigenvalue weighted by molar-refractivity contribution is 9.11. The molecule has 7 heteroatoms. The van der Waals surface area contributed by atoms with Crippen LogP contribution in [0.4, 0.5) is 4.39 Å². The fraction of sp³-hybridized carbons (Fsp3) is 0.118. The van der Waals surface area contributed by atoms with Crippen LogP contribution in [-0.4, -0.2) is 15.0 Å². The van der Waals surface area contributed by atoms with Gasteiger partial charge in [0, 0.05) is 12.1 Å². The van der Waals surface area contributed by atoms with E-state index in [0.29, 0.717) is 19.5 Å². The average molecular weight is 516 g/mol. The minimum atomic E-state index is -1.90. The zero-order valence-electron chi connectivity index (χ0n) is 12.3. The van der Waals surface area contributed by atoms with Gasteiger partial charge in [-0.25, -0.2) is 19.3 Å². The maximum absolute atomic E-state index is 16.2. The van der Waals surface area contributed by atoms with Gasteiger partial charge in [0.15, 0.2) is 5.67 Å². The van der Waals surface area contributed by atoms with Crippen LogP contribution in [0.25, 0.3) is 0 Å². The summed E-state index contributed by atoms with van der Waals surface area (Å²) >= 11 is 9.94. The van der Waals surface area contributed by atoms with Crippen molar-refractivity contribution < 1.29 is 4.39 Å². The van der Waals surface area contributed by atoms with Gasteiger partial charge in [0.1, 0.15) is 13.8 Å². The van der Waals surface area contributed by atoms with E-state index in [-0.39, 0.29) is 17.8 Å². The van der Waals surface area contributed by atoms with Gasteiger partial charge in [0.2, 0.25) is 0 Å². The second-order valence-corrected chi connectivity index (χ2v) is 7.56. The van der Waals surface area contributed by atoms with Crippen LogP contribution in [0.5, 0.6) is 0 Å². The average Bonchev–Trinajstić information content (AvgIpc) is 2.55. The molecule has 0 spiro atoms.